The molecule has 30 heavy (non-hydrogen) atoms. The van der Waals surface area contributed by atoms with Gasteiger partial charge in [0.05, 0.1) is 17.2 Å². The summed E-state index contributed by atoms with van der Waals surface area (Å²) in [5.41, 5.74) is -1.32. The van der Waals surface area contributed by atoms with Gasteiger partial charge in [0, 0.05) is 6.42 Å². The van der Waals surface area contributed by atoms with Crippen molar-refractivity contribution >= 4 is 18.8 Å². The summed E-state index contributed by atoms with van der Waals surface area (Å²) < 4.78 is 31.8. The molecule has 11 nitrogen and oxygen atoms in total. The first-order valence-corrected chi connectivity index (χ1v) is 11.6. The lowest BCUT2D eigenvalue weighted by atomic mass is 9.80. The molecule has 0 aliphatic carbocycles. The first kappa shape index (κ1) is 20.4. The molecule has 0 radical (unpaired) electrons. The number of aliphatic hydroxyl groups is 3. The van der Waals surface area contributed by atoms with Crippen LogP contribution in [-0.4, -0.2) is 64.3 Å². The van der Waals surface area contributed by atoms with E-state index in [4.69, 9.17) is 18.8 Å². The van der Waals surface area contributed by atoms with Gasteiger partial charge >= 0.3 is 7.60 Å². The molecule has 0 aromatic carbocycles. The number of aryl methyl sites for hydroxylation is 1. The Bertz CT molecular complexity index is 1080. The number of fused-ring (bicyclic) bond motifs is 6. The predicted molar refractivity (Wildman–Crippen MR) is 102 cm³/mol. The van der Waals surface area contributed by atoms with Crippen molar-refractivity contribution in [3.05, 3.63) is 17.8 Å². The summed E-state index contributed by atoms with van der Waals surface area (Å²) in [6, 6.07) is 0. The van der Waals surface area contributed by atoms with Gasteiger partial charge in [-0.3, -0.25) is 18.2 Å². The summed E-state index contributed by atoms with van der Waals surface area (Å²) in [5.74, 6) is -0.223. The Balaban J connectivity index is 1.67. The Labute approximate surface area is 172 Å². The highest BCUT2D eigenvalue weighted by Crippen LogP contribution is 2.80. The van der Waals surface area contributed by atoms with E-state index in [0.29, 0.717) is 29.1 Å². The molecule has 12 heteroatoms. The van der Waals surface area contributed by atoms with Crippen LogP contribution < -0.4 is 0 Å². The smallest absolute Gasteiger partial charge is 0.387 e. The normalized spacial score (nSPS) is 41.6. The van der Waals surface area contributed by atoms with E-state index in [0.717, 1.165) is 0 Å². The van der Waals surface area contributed by atoms with Crippen LogP contribution in [0.3, 0.4) is 0 Å². The van der Waals surface area contributed by atoms with Gasteiger partial charge < -0.3 is 20.1 Å². The first-order chi connectivity index (χ1) is 14.1. The molecule has 3 aliphatic rings. The molecule has 8 unspecified atom stereocenters. The third kappa shape index (κ3) is 2.48. The summed E-state index contributed by atoms with van der Waals surface area (Å²) in [5, 5.41) is 31.7. The molecule has 2 aromatic rings. The Morgan fingerprint density at radius 3 is 2.70 bits per heavy atom. The topological polar surface area (TPSA) is 152 Å². The molecular formula is C18H25N4O7P. The number of aliphatic hydroxyl groups excluding tert-OH is 2. The van der Waals surface area contributed by atoms with Crippen LogP contribution in [0.25, 0.3) is 11.2 Å². The molecule has 0 saturated carbocycles. The van der Waals surface area contributed by atoms with Gasteiger partial charge in [-0.1, -0.05) is 13.8 Å². The standard InChI is InChI=1S/C18H25N4O7P/c1-5-17(4,28-30(26)18(25,6-2)29-30)9-13-11(23)12(24)16(27-13)22-14(9)21-10-8(3)19-7-20-15(10)22/h7,9,11-13,16,23-25H,5-6H2,1-4H3. The van der Waals surface area contributed by atoms with E-state index in [1.54, 1.807) is 25.3 Å². The minimum Gasteiger partial charge on any atom is -0.387 e. The van der Waals surface area contributed by atoms with Gasteiger partial charge in [0.25, 0.3) is 5.53 Å². The van der Waals surface area contributed by atoms with Gasteiger partial charge in [-0.15, -0.1) is 0 Å². The molecule has 5 heterocycles. The maximum absolute atomic E-state index is 13.0. The lowest BCUT2D eigenvalue weighted by Gasteiger charge is -2.41. The zero-order chi connectivity index (χ0) is 21.6. The van der Waals surface area contributed by atoms with Gasteiger partial charge in [0.2, 0.25) is 0 Å². The summed E-state index contributed by atoms with van der Waals surface area (Å²) >= 11 is 0. The highest BCUT2D eigenvalue weighted by Gasteiger charge is 2.72. The van der Waals surface area contributed by atoms with Crippen LogP contribution in [0.1, 0.15) is 57.3 Å². The van der Waals surface area contributed by atoms with Crippen molar-refractivity contribution in [2.75, 3.05) is 0 Å². The zero-order valence-electron chi connectivity index (χ0n) is 17.1. The van der Waals surface area contributed by atoms with Gasteiger partial charge in [0.15, 0.2) is 11.9 Å². The second-order valence-electron chi connectivity index (χ2n) is 8.36. The predicted octanol–water partition coefficient (Wildman–Crippen LogP) is 1.32. The second-order valence-corrected chi connectivity index (χ2v) is 10.4. The number of rotatable bonds is 5. The molecule has 0 amide bonds. The lowest BCUT2D eigenvalue weighted by molar-refractivity contribution is -0.105. The van der Waals surface area contributed by atoms with Crippen LogP contribution in [-0.2, 0) is 18.3 Å². The molecular weight excluding hydrogens is 415 g/mol. The fraction of sp³-hybridized carbons (Fsp3) is 0.722. The Kier molecular flexibility index (Phi) is 4.29. The molecule has 5 rings (SSSR count). The highest BCUT2D eigenvalue weighted by molar-refractivity contribution is 7.61. The lowest BCUT2D eigenvalue weighted by Crippen LogP contribution is -2.47. The number of hydrogen-bond donors (Lipinski definition) is 3. The van der Waals surface area contributed by atoms with Crippen LogP contribution >= 0.6 is 7.60 Å². The van der Waals surface area contributed by atoms with Crippen molar-refractivity contribution in [2.24, 2.45) is 0 Å². The summed E-state index contributed by atoms with van der Waals surface area (Å²) in [4.78, 5) is 13.2. The van der Waals surface area contributed by atoms with Gasteiger partial charge in [-0.25, -0.2) is 15.0 Å². The molecule has 2 bridgehead atoms. The SMILES string of the molecule is CCC(C)(OP1(=O)OC1(O)CC)C1c2nc3c(C)ncnc3n2C2OC1C(O)C2O. The Morgan fingerprint density at radius 1 is 1.33 bits per heavy atom. The maximum Gasteiger partial charge on any atom is 0.393 e. The molecule has 8 atom stereocenters. The van der Waals surface area contributed by atoms with Crippen molar-refractivity contribution in [3.8, 4) is 0 Å². The average molecular weight is 440 g/mol. The fourth-order valence-electron chi connectivity index (χ4n) is 4.59. The van der Waals surface area contributed by atoms with Crippen molar-refractivity contribution < 1.29 is 33.7 Å². The maximum atomic E-state index is 13.0. The van der Waals surface area contributed by atoms with Gasteiger partial charge in [-0.2, -0.15) is 0 Å². The first-order valence-electron chi connectivity index (χ1n) is 10.0. The summed E-state index contributed by atoms with van der Waals surface area (Å²) in [6.45, 7) is 7.01. The third-order valence-electron chi connectivity index (χ3n) is 6.63. The minimum atomic E-state index is -3.77. The van der Waals surface area contributed by atoms with Crippen LogP contribution in [0.4, 0.5) is 0 Å². The summed E-state index contributed by atoms with van der Waals surface area (Å²) in [6.07, 6.45) is -2.25. The monoisotopic (exact) mass is 440 g/mol. The molecule has 3 N–H and O–H groups in total. The van der Waals surface area contributed by atoms with E-state index < -0.39 is 49.2 Å². The number of ether oxygens (including phenoxy) is 1. The molecule has 3 aliphatic heterocycles. The summed E-state index contributed by atoms with van der Waals surface area (Å²) in [7, 11) is -3.77. The van der Waals surface area contributed by atoms with E-state index >= 15 is 0 Å². The van der Waals surface area contributed by atoms with Crippen molar-refractivity contribution in [3.63, 3.8) is 0 Å². The van der Waals surface area contributed by atoms with E-state index in [1.165, 1.54) is 6.33 Å². The van der Waals surface area contributed by atoms with Crippen molar-refractivity contribution in [1.82, 2.24) is 19.5 Å². The van der Waals surface area contributed by atoms with Crippen LogP contribution in [0.5, 0.6) is 0 Å². The van der Waals surface area contributed by atoms with Gasteiger partial charge in [0.1, 0.15) is 36.0 Å². The second kappa shape index (κ2) is 6.29. The van der Waals surface area contributed by atoms with Crippen LogP contribution in [0.15, 0.2) is 6.33 Å². The quantitative estimate of drug-likeness (QED) is 0.458. The Morgan fingerprint density at radius 2 is 2.07 bits per heavy atom. The van der Waals surface area contributed by atoms with Gasteiger partial charge in [-0.05, 0) is 20.3 Å². The van der Waals surface area contributed by atoms with Crippen LogP contribution in [0, 0.1) is 6.92 Å². The minimum absolute atomic E-state index is 0.116. The average Bonchev–Trinajstić information content (AvgIpc) is 2.98. The zero-order valence-corrected chi connectivity index (χ0v) is 18.0. The Hall–Kier alpha value is -1.46. The number of hydrogen-bond acceptors (Lipinski definition) is 10. The molecule has 164 valence electrons. The molecule has 2 saturated heterocycles. The fourth-order valence-corrected chi connectivity index (χ4v) is 6.62. The molecule has 2 aromatic heterocycles. The third-order valence-corrected chi connectivity index (χ3v) is 8.93. The van der Waals surface area contributed by atoms with E-state index in [1.807, 2.05) is 6.92 Å². The number of nitrogens with zero attached hydrogens (tertiary/aromatic N) is 4. The van der Waals surface area contributed by atoms with Crippen molar-refractivity contribution in [1.29, 1.82) is 0 Å². The van der Waals surface area contributed by atoms with E-state index in [9.17, 15) is 19.9 Å². The molecule has 2 fully saturated rings. The van der Waals surface area contributed by atoms with E-state index in [-0.39, 0.29) is 6.42 Å². The number of aromatic nitrogens is 4. The van der Waals surface area contributed by atoms with E-state index in [2.05, 4.69) is 9.97 Å². The van der Waals surface area contributed by atoms with Crippen molar-refractivity contribution in [2.45, 2.75) is 82.1 Å². The molecule has 0 spiro atoms. The highest BCUT2D eigenvalue weighted by atomic mass is 31.2. The largest absolute Gasteiger partial charge is 0.393 e. The number of imidazole rings is 1. The van der Waals surface area contributed by atoms with Crippen LogP contribution in [0.2, 0.25) is 0 Å².